The van der Waals surface area contributed by atoms with Crippen LogP contribution < -0.4 is 0 Å². The van der Waals surface area contributed by atoms with Crippen LogP contribution in [0.15, 0.2) is 43.0 Å². The normalized spacial score (nSPS) is 18.7. The number of carbonyl (C=O) groups is 1. The number of carbonyl (C=O) groups excluding carboxylic acids is 1. The fourth-order valence-electron chi connectivity index (χ4n) is 1.79. The highest BCUT2D eigenvalue weighted by atomic mass is 16.2. The van der Waals surface area contributed by atoms with Crippen molar-refractivity contribution in [3.63, 3.8) is 0 Å². The number of nitrogens with zero attached hydrogens (tertiary/aromatic N) is 1. The average Bonchev–Trinajstić information content (AvgIpc) is 3.06. The molecule has 2 rings (SSSR count). The van der Waals surface area contributed by atoms with E-state index in [1.54, 1.807) is 0 Å². The SMILES string of the molecule is C=CC(=O)N1CC1CCc1ccccc1. The molecule has 1 fully saturated rings. The quantitative estimate of drug-likeness (QED) is 0.539. The lowest BCUT2D eigenvalue weighted by Crippen LogP contribution is -2.10. The van der Waals surface area contributed by atoms with Gasteiger partial charge in [0.1, 0.15) is 0 Å². The highest BCUT2D eigenvalue weighted by Crippen LogP contribution is 2.22. The predicted molar refractivity (Wildman–Crippen MR) is 60.5 cm³/mol. The number of hydrogen-bond donors (Lipinski definition) is 0. The van der Waals surface area contributed by atoms with Gasteiger partial charge < -0.3 is 4.90 Å². The van der Waals surface area contributed by atoms with Crippen LogP contribution in [-0.2, 0) is 11.2 Å². The first kappa shape index (κ1) is 9.97. The summed E-state index contributed by atoms with van der Waals surface area (Å²) >= 11 is 0. The van der Waals surface area contributed by atoms with Crippen LogP contribution in [0.2, 0.25) is 0 Å². The van der Waals surface area contributed by atoms with Crippen LogP contribution in [0.5, 0.6) is 0 Å². The van der Waals surface area contributed by atoms with E-state index in [4.69, 9.17) is 0 Å². The van der Waals surface area contributed by atoms with E-state index in [-0.39, 0.29) is 5.91 Å². The summed E-state index contributed by atoms with van der Waals surface area (Å²) in [7, 11) is 0. The minimum Gasteiger partial charge on any atom is -0.332 e. The van der Waals surface area contributed by atoms with Crippen LogP contribution in [0.25, 0.3) is 0 Å². The molecule has 78 valence electrons. The van der Waals surface area contributed by atoms with E-state index >= 15 is 0 Å². The van der Waals surface area contributed by atoms with Crippen LogP contribution in [0, 0.1) is 0 Å². The van der Waals surface area contributed by atoms with Crippen molar-refractivity contribution in [2.24, 2.45) is 0 Å². The summed E-state index contributed by atoms with van der Waals surface area (Å²) in [5.41, 5.74) is 1.34. The summed E-state index contributed by atoms with van der Waals surface area (Å²) in [6.07, 6.45) is 3.50. The fraction of sp³-hybridized carbons (Fsp3) is 0.308. The molecule has 0 aromatic heterocycles. The maximum atomic E-state index is 11.2. The molecule has 1 atom stereocenters. The van der Waals surface area contributed by atoms with E-state index in [0.29, 0.717) is 6.04 Å². The summed E-state index contributed by atoms with van der Waals surface area (Å²) in [5.74, 6) is 0.0630. The van der Waals surface area contributed by atoms with Gasteiger partial charge in [0.25, 0.3) is 0 Å². The van der Waals surface area contributed by atoms with Gasteiger partial charge in [-0.3, -0.25) is 4.79 Å². The summed E-state index contributed by atoms with van der Waals surface area (Å²) in [6, 6.07) is 10.8. The third-order valence-electron chi connectivity index (χ3n) is 2.78. The average molecular weight is 201 g/mol. The van der Waals surface area contributed by atoms with Crippen molar-refractivity contribution in [2.75, 3.05) is 6.54 Å². The Morgan fingerprint density at radius 2 is 2.20 bits per heavy atom. The smallest absolute Gasteiger partial charge is 0.246 e. The molecule has 1 heterocycles. The molecule has 15 heavy (non-hydrogen) atoms. The molecule has 1 saturated heterocycles. The molecule has 0 spiro atoms. The second-order valence-electron chi connectivity index (χ2n) is 3.87. The van der Waals surface area contributed by atoms with E-state index in [1.165, 1.54) is 11.6 Å². The van der Waals surface area contributed by atoms with Crippen molar-refractivity contribution >= 4 is 5.91 Å². The zero-order valence-corrected chi connectivity index (χ0v) is 8.73. The van der Waals surface area contributed by atoms with Crippen LogP contribution in [0.4, 0.5) is 0 Å². The molecule has 1 aliphatic heterocycles. The van der Waals surface area contributed by atoms with E-state index in [0.717, 1.165) is 19.4 Å². The van der Waals surface area contributed by atoms with Gasteiger partial charge in [-0.25, -0.2) is 0 Å². The highest BCUT2D eigenvalue weighted by molar-refractivity contribution is 5.89. The monoisotopic (exact) mass is 201 g/mol. The van der Waals surface area contributed by atoms with Gasteiger partial charge in [0.05, 0.1) is 6.04 Å². The molecule has 0 bridgehead atoms. The zero-order chi connectivity index (χ0) is 10.7. The fourth-order valence-corrected chi connectivity index (χ4v) is 1.79. The van der Waals surface area contributed by atoms with Gasteiger partial charge in [-0.05, 0) is 24.5 Å². The van der Waals surface area contributed by atoms with Gasteiger partial charge in [-0.2, -0.15) is 0 Å². The molecule has 2 nitrogen and oxygen atoms in total. The minimum absolute atomic E-state index is 0.0630. The molecule has 1 unspecified atom stereocenters. The molecule has 2 heteroatoms. The van der Waals surface area contributed by atoms with Crippen molar-refractivity contribution in [3.05, 3.63) is 48.6 Å². The summed E-state index contributed by atoms with van der Waals surface area (Å²) in [4.78, 5) is 13.1. The van der Waals surface area contributed by atoms with Crippen molar-refractivity contribution in [1.82, 2.24) is 4.90 Å². The molecule has 0 saturated carbocycles. The first-order chi connectivity index (χ1) is 7.31. The highest BCUT2D eigenvalue weighted by Gasteiger charge is 2.35. The summed E-state index contributed by atoms with van der Waals surface area (Å²) in [5, 5.41) is 0. The third-order valence-corrected chi connectivity index (χ3v) is 2.78. The Morgan fingerprint density at radius 3 is 2.87 bits per heavy atom. The molecule has 1 aliphatic rings. The standard InChI is InChI=1S/C13H15NO/c1-2-13(15)14-10-12(14)9-8-11-6-4-3-5-7-11/h2-7,12H,1,8-10H2. The number of aryl methyl sites for hydroxylation is 1. The molecular formula is C13H15NO. The maximum Gasteiger partial charge on any atom is 0.246 e. The van der Waals surface area contributed by atoms with Crippen molar-refractivity contribution < 1.29 is 4.79 Å². The molecule has 1 aromatic rings. The van der Waals surface area contributed by atoms with Gasteiger partial charge >= 0.3 is 0 Å². The topological polar surface area (TPSA) is 20.1 Å². The number of benzene rings is 1. The lowest BCUT2D eigenvalue weighted by atomic mass is 10.1. The molecule has 0 radical (unpaired) electrons. The second-order valence-corrected chi connectivity index (χ2v) is 3.87. The lowest BCUT2D eigenvalue weighted by molar-refractivity contribution is -0.121. The van der Waals surface area contributed by atoms with Crippen LogP contribution in [0.1, 0.15) is 12.0 Å². The second kappa shape index (κ2) is 4.30. The van der Waals surface area contributed by atoms with Gasteiger partial charge in [0, 0.05) is 6.54 Å². The first-order valence-corrected chi connectivity index (χ1v) is 5.28. The molecule has 1 amide bonds. The van der Waals surface area contributed by atoms with Crippen molar-refractivity contribution in [3.8, 4) is 0 Å². The molecular weight excluding hydrogens is 186 g/mol. The molecule has 0 N–H and O–H groups in total. The molecule has 0 aliphatic carbocycles. The Balaban J connectivity index is 1.77. The Bertz CT molecular complexity index is 358. The predicted octanol–water partition coefficient (Wildman–Crippen LogP) is 2.02. The summed E-state index contributed by atoms with van der Waals surface area (Å²) in [6.45, 7) is 4.38. The van der Waals surface area contributed by atoms with Crippen LogP contribution in [-0.4, -0.2) is 23.4 Å². The zero-order valence-electron chi connectivity index (χ0n) is 8.73. The number of rotatable bonds is 4. The molecule has 1 aromatic carbocycles. The van der Waals surface area contributed by atoms with Gasteiger partial charge in [0.15, 0.2) is 0 Å². The van der Waals surface area contributed by atoms with Crippen LogP contribution in [0.3, 0.4) is 0 Å². The third kappa shape index (κ3) is 2.46. The minimum atomic E-state index is 0.0630. The van der Waals surface area contributed by atoms with E-state index in [1.807, 2.05) is 11.0 Å². The van der Waals surface area contributed by atoms with Crippen LogP contribution >= 0.6 is 0 Å². The van der Waals surface area contributed by atoms with Crippen molar-refractivity contribution in [2.45, 2.75) is 18.9 Å². The first-order valence-electron chi connectivity index (χ1n) is 5.28. The Hall–Kier alpha value is -1.57. The lowest BCUT2D eigenvalue weighted by Gasteiger charge is -2.01. The number of hydrogen-bond acceptors (Lipinski definition) is 1. The van der Waals surface area contributed by atoms with Crippen molar-refractivity contribution in [1.29, 1.82) is 0 Å². The number of amides is 1. The van der Waals surface area contributed by atoms with E-state index in [2.05, 4.69) is 30.8 Å². The van der Waals surface area contributed by atoms with E-state index < -0.39 is 0 Å². The summed E-state index contributed by atoms with van der Waals surface area (Å²) < 4.78 is 0. The maximum absolute atomic E-state index is 11.2. The van der Waals surface area contributed by atoms with Gasteiger partial charge in [-0.15, -0.1) is 0 Å². The Morgan fingerprint density at radius 1 is 1.47 bits per heavy atom. The van der Waals surface area contributed by atoms with Gasteiger partial charge in [0.2, 0.25) is 5.91 Å². The Kier molecular flexibility index (Phi) is 2.86. The van der Waals surface area contributed by atoms with Gasteiger partial charge in [-0.1, -0.05) is 36.9 Å². The largest absolute Gasteiger partial charge is 0.332 e. The Labute approximate surface area is 90.2 Å². The van der Waals surface area contributed by atoms with E-state index in [9.17, 15) is 4.79 Å².